The van der Waals surface area contributed by atoms with Gasteiger partial charge in [0.15, 0.2) is 0 Å². The van der Waals surface area contributed by atoms with Crippen molar-refractivity contribution >= 4 is 18.0 Å². The standard InChI is InChI=1S/C27H29N3O3/c1-19(2)25(29-26(31)22-9-5-4-6-10-22)27(32)30-28-17-23-11-7-8-12-24(23)33-18-21-15-13-20(3)14-16-21/h4-17,19,25H,18H2,1-3H3,(H,29,31)(H,30,32)/b28-17+. The monoisotopic (exact) mass is 443 g/mol. The quantitative estimate of drug-likeness (QED) is 0.378. The van der Waals surface area contributed by atoms with E-state index in [0.717, 1.165) is 11.1 Å². The maximum absolute atomic E-state index is 12.7. The fourth-order valence-electron chi connectivity index (χ4n) is 3.15. The lowest BCUT2D eigenvalue weighted by Gasteiger charge is -2.20. The molecule has 0 heterocycles. The van der Waals surface area contributed by atoms with Crippen LogP contribution in [0.2, 0.25) is 0 Å². The minimum atomic E-state index is -0.720. The summed E-state index contributed by atoms with van der Waals surface area (Å²) in [6, 6.07) is 23.7. The van der Waals surface area contributed by atoms with Gasteiger partial charge in [-0.15, -0.1) is 0 Å². The van der Waals surface area contributed by atoms with Gasteiger partial charge in [0.25, 0.3) is 11.8 Å². The van der Waals surface area contributed by atoms with Gasteiger partial charge in [-0.1, -0.05) is 74.0 Å². The van der Waals surface area contributed by atoms with Crippen molar-refractivity contribution in [3.8, 4) is 5.75 Å². The average molecular weight is 444 g/mol. The van der Waals surface area contributed by atoms with Crippen LogP contribution in [0.25, 0.3) is 0 Å². The van der Waals surface area contributed by atoms with E-state index < -0.39 is 6.04 Å². The van der Waals surface area contributed by atoms with E-state index in [1.54, 1.807) is 30.5 Å². The van der Waals surface area contributed by atoms with Crippen LogP contribution in [0, 0.1) is 12.8 Å². The number of hydrogen-bond donors (Lipinski definition) is 2. The Bertz CT molecular complexity index is 1090. The van der Waals surface area contributed by atoms with E-state index in [2.05, 4.69) is 15.8 Å². The molecule has 0 radical (unpaired) electrons. The van der Waals surface area contributed by atoms with E-state index in [9.17, 15) is 9.59 Å². The SMILES string of the molecule is Cc1ccc(COc2ccccc2/C=N/NC(=O)C(NC(=O)c2ccccc2)C(C)C)cc1. The highest BCUT2D eigenvalue weighted by atomic mass is 16.5. The Morgan fingerprint density at radius 2 is 1.61 bits per heavy atom. The van der Waals surface area contributed by atoms with E-state index in [1.807, 2.05) is 75.4 Å². The molecule has 6 heteroatoms. The zero-order valence-electron chi connectivity index (χ0n) is 19.1. The molecule has 0 fully saturated rings. The van der Waals surface area contributed by atoms with Crippen LogP contribution >= 0.6 is 0 Å². The number of rotatable bonds is 9. The third-order valence-electron chi connectivity index (χ3n) is 5.08. The van der Waals surface area contributed by atoms with Crippen molar-refractivity contribution in [3.05, 3.63) is 101 Å². The number of carbonyl (C=O) groups excluding carboxylic acids is 2. The number of nitrogens with one attached hydrogen (secondary N) is 2. The third kappa shape index (κ3) is 7.04. The summed E-state index contributed by atoms with van der Waals surface area (Å²) in [6.07, 6.45) is 1.54. The first kappa shape index (κ1) is 23.7. The minimum absolute atomic E-state index is 0.113. The topological polar surface area (TPSA) is 79.8 Å². The van der Waals surface area contributed by atoms with Crippen LogP contribution in [-0.2, 0) is 11.4 Å². The molecule has 0 bridgehead atoms. The van der Waals surface area contributed by atoms with Crippen LogP contribution in [0.4, 0.5) is 0 Å². The van der Waals surface area contributed by atoms with Crippen molar-refractivity contribution in [1.82, 2.24) is 10.7 Å². The predicted octanol–water partition coefficient (Wildman–Crippen LogP) is 4.48. The van der Waals surface area contributed by atoms with Crippen molar-refractivity contribution in [2.45, 2.75) is 33.4 Å². The number of hydrogen-bond acceptors (Lipinski definition) is 4. The summed E-state index contributed by atoms with van der Waals surface area (Å²) >= 11 is 0. The second kappa shape index (κ2) is 11.6. The Kier molecular flexibility index (Phi) is 8.36. The largest absolute Gasteiger partial charge is 0.488 e. The van der Waals surface area contributed by atoms with Gasteiger partial charge in [-0.25, -0.2) is 5.43 Å². The number of para-hydroxylation sites is 1. The molecule has 2 amide bonds. The Hall–Kier alpha value is -3.93. The van der Waals surface area contributed by atoms with Crippen LogP contribution in [-0.4, -0.2) is 24.1 Å². The fourth-order valence-corrected chi connectivity index (χ4v) is 3.15. The number of nitrogens with zero attached hydrogens (tertiary/aromatic N) is 1. The normalized spacial score (nSPS) is 11.9. The second-order valence-electron chi connectivity index (χ2n) is 8.11. The lowest BCUT2D eigenvalue weighted by atomic mass is 10.0. The molecule has 3 aromatic carbocycles. The van der Waals surface area contributed by atoms with E-state index in [0.29, 0.717) is 17.9 Å². The lowest BCUT2D eigenvalue weighted by Crippen LogP contribution is -2.48. The molecule has 3 rings (SSSR count). The molecule has 1 atom stereocenters. The highest BCUT2D eigenvalue weighted by Crippen LogP contribution is 2.18. The van der Waals surface area contributed by atoms with Crippen LogP contribution in [0.3, 0.4) is 0 Å². The Morgan fingerprint density at radius 3 is 2.30 bits per heavy atom. The molecule has 6 nitrogen and oxygen atoms in total. The molecule has 0 saturated heterocycles. The average Bonchev–Trinajstić information content (AvgIpc) is 2.83. The fraction of sp³-hybridized carbons (Fsp3) is 0.222. The molecule has 0 aliphatic carbocycles. The first-order valence-electron chi connectivity index (χ1n) is 10.9. The number of ether oxygens (including phenoxy) is 1. The zero-order chi connectivity index (χ0) is 23.6. The molecule has 0 saturated carbocycles. The van der Waals surface area contributed by atoms with Gasteiger partial charge in [-0.05, 0) is 42.7 Å². The zero-order valence-corrected chi connectivity index (χ0v) is 19.1. The highest BCUT2D eigenvalue weighted by Gasteiger charge is 2.24. The van der Waals surface area contributed by atoms with Crippen LogP contribution in [0.5, 0.6) is 5.75 Å². The van der Waals surface area contributed by atoms with Crippen molar-refractivity contribution < 1.29 is 14.3 Å². The molecular formula is C27H29N3O3. The first-order valence-corrected chi connectivity index (χ1v) is 10.9. The maximum Gasteiger partial charge on any atom is 0.262 e. The van der Waals surface area contributed by atoms with E-state index >= 15 is 0 Å². The molecule has 0 spiro atoms. The molecule has 170 valence electrons. The molecule has 0 aromatic heterocycles. The van der Waals surface area contributed by atoms with E-state index in [-0.39, 0.29) is 17.7 Å². The second-order valence-corrected chi connectivity index (χ2v) is 8.11. The van der Waals surface area contributed by atoms with Gasteiger partial charge in [0.1, 0.15) is 18.4 Å². The summed E-state index contributed by atoms with van der Waals surface area (Å²) in [6.45, 7) is 6.21. The van der Waals surface area contributed by atoms with Crippen molar-refractivity contribution in [2.75, 3.05) is 0 Å². The Labute approximate surface area is 194 Å². The summed E-state index contributed by atoms with van der Waals surface area (Å²) in [5, 5.41) is 6.88. The molecule has 1 unspecified atom stereocenters. The van der Waals surface area contributed by atoms with Crippen molar-refractivity contribution in [1.29, 1.82) is 0 Å². The van der Waals surface area contributed by atoms with Gasteiger partial charge >= 0.3 is 0 Å². The van der Waals surface area contributed by atoms with Gasteiger partial charge in [-0.2, -0.15) is 5.10 Å². The summed E-state index contributed by atoms with van der Waals surface area (Å²) in [5.41, 5.74) is 6.03. The molecule has 2 N–H and O–H groups in total. The third-order valence-corrected chi connectivity index (χ3v) is 5.08. The number of benzene rings is 3. The minimum Gasteiger partial charge on any atom is -0.488 e. The maximum atomic E-state index is 12.7. The summed E-state index contributed by atoms with van der Waals surface area (Å²) in [5.74, 6) is -0.140. The number of aryl methyl sites for hydroxylation is 1. The van der Waals surface area contributed by atoms with Crippen molar-refractivity contribution in [2.24, 2.45) is 11.0 Å². The first-order chi connectivity index (χ1) is 15.9. The predicted molar refractivity (Wildman–Crippen MR) is 130 cm³/mol. The lowest BCUT2D eigenvalue weighted by molar-refractivity contribution is -0.123. The van der Waals surface area contributed by atoms with Gasteiger partial charge in [-0.3, -0.25) is 9.59 Å². The number of hydrazone groups is 1. The van der Waals surface area contributed by atoms with Gasteiger partial charge in [0.2, 0.25) is 0 Å². The van der Waals surface area contributed by atoms with Gasteiger partial charge in [0, 0.05) is 11.1 Å². The smallest absolute Gasteiger partial charge is 0.262 e. The van der Waals surface area contributed by atoms with Gasteiger partial charge < -0.3 is 10.1 Å². The van der Waals surface area contributed by atoms with Gasteiger partial charge in [0.05, 0.1) is 6.21 Å². The number of carbonyl (C=O) groups is 2. The van der Waals surface area contributed by atoms with Crippen LogP contribution < -0.4 is 15.5 Å². The summed E-state index contributed by atoms with van der Waals surface area (Å²) in [7, 11) is 0. The molecule has 3 aromatic rings. The number of amides is 2. The highest BCUT2D eigenvalue weighted by molar-refractivity contribution is 5.97. The Balaban J connectivity index is 1.61. The van der Waals surface area contributed by atoms with Crippen LogP contribution in [0.1, 0.15) is 40.9 Å². The summed E-state index contributed by atoms with van der Waals surface area (Å²) in [4.78, 5) is 25.2. The Morgan fingerprint density at radius 1 is 0.939 bits per heavy atom. The molecule has 0 aliphatic heterocycles. The summed E-state index contributed by atoms with van der Waals surface area (Å²) < 4.78 is 5.95. The molecular weight excluding hydrogens is 414 g/mol. The van der Waals surface area contributed by atoms with E-state index in [1.165, 1.54) is 5.56 Å². The molecule has 33 heavy (non-hydrogen) atoms. The van der Waals surface area contributed by atoms with E-state index in [4.69, 9.17) is 4.74 Å². The van der Waals surface area contributed by atoms with Crippen molar-refractivity contribution in [3.63, 3.8) is 0 Å². The molecule has 0 aliphatic rings. The van der Waals surface area contributed by atoms with Crippen LogP contribution in [0.15, 0.2) is 84.0 Å².